The Bertz CT molecular complexity index is 1460. The van der Waals surface area contributed by atoms with Crippen molar-refractivity contribution in [3.05, 3.63) is 66.4 Å². The molecule has 39 heavy (non-hydrogen) atoms. The normalized spacial score (nSPS) is 12.4. The molecule has 3 heterocycles. The number of nitrogens with zero attached hydrogens (tertiary/aromatic N) is 6. The van der Waals surface area contributed by atoms with E-state index in [9.17, 15) is 9.59 Å². The van der Waals surface area contributed by atoms with Crippen LogP contribution in [0.1, 0.15) is 35.7 Å². The van der Waals surface area contributed by atoms with Gasteiger partial charge in [-0.2, -0.15) is 0 Å². The van der Waals surface area contributed by atoms with Gasteiger partial charge in [0.25, 0.3) is 5.91 Å². The van der Waals surface area contributed by atoms with E-state index in [0.717, 1.165) is 22.0 Å². The monoisotopic (exact) mass is 527 g/mol. The summed E-state index contributed by atoms with van der Waals surface area (Å²) in [5.41, 5.74) is 3.97. The molecule has 2 atom stereocenters. The Morgan fingerprint density at radius 2 is 1.74 bits per heavy atom. The van der Waals surface area contributed by atoms with Crippen LogP contribution < -0.4 is 16.0 Å². The van der Waals surface area contributed by atoms with Gasteiger partial charge >= 0.3 is 0 Å². The fourth-order valence-corrected chi connectivity index (χ4v) is 4.12. The summed E-state index contributed by atoms with van der Waals surface area (Å²) in [6.07, 6.45) is 6.51. The average Bonchev–Trinajstić information content (AvgIpc) is 2.97. The van der Waals surface area contributed by atoms with Gasteiger partial charge in [-0.1, -0.05) is 32.0 Å². The summed E-state index contributed by atoms with van der Waals surface area (Å²) in [7, 11) is 5.02. The highest BCUT2D eigenvalue weighted by molar-refractivity contribution is 6.06. The van der Waals surface area contributed by atoms with Gasteiger partial charge in [-0.05, 0) is 23.5 Å². The second kappa shape index (κ2) is 12.2. The van der Waals surface area contributed by atoms with Crippen LogP contribution in [0.25, 0.3) is 22.2 Å². The third-order valence-corrected chi connectivity index (χ3v) is 6.73. The fourth-order valence-electron chi connectivity index (χ4n) is 4.12. The molecule has 1 aromatic carbocycles. The third kappa shape index (κ3) is 6.43. The fraction of sp³-hybridized carbons (Fsp3) is 0.321. The zero-order valence-electron chi connectivity index (χ0n) is 22.8. The lowest BCUT2D eigenvalue weighted by atomic mass is 9.87. The second-order valence-electron chi connectivity index (χ2n) is 9.55. The molecule has 3 aromatic heterocycles. The lowest BCUT2D eigenvalue weighted by Gasteiger charge is -2.22. The topological polar surface area (TPSA) is 138 Å². The highest BCUT2D eigenvalue weighted by atomic mass is 16.2. The SMILES string of the molecule is CNC(=O)c1ccnc2c(C(C)[C@H](C)CNc3cc(-c4cnc(NCC(=O)N(C)C)nc4)ncn3)cccc12. The molecule has 4 rings (SSSR count). The average molecular weight is 528 g/mol. The van der Waals surface area contributed by atoms with Gasteiger partial charge in [0.1, 0.15) is 12.1 Å². The molecule has 11 nitrogen and oxygen atoms in total. The number of pyridine rings is 1. The number of amides is 2. The molecule has 0 aliphatic heterocycles. The molecule has 0 aliphatic rings. The Balaban J connectivity index is 1.42. The molecule has 4 aromatic rings. The number of para-hydroxylation sites is 1. The van der Waals surface area contributed by atoms with Gasteiger partial charge in [-0.3, -0.25) is 14.6 Å². The summed E-state index contributed by atoms with van der Waals surface area (Å²) in [6, 6.07) is 9.58. The predicted molar refractivity (Wildman–Crippen MR) is 151 cm³/mol. The first-order chi connectivity index (χ1) is 18.8. The van der Waals surface area contributed by atoms with Crippen molar-refractivity contribution in [3.8, 4) is 11.3 Å². The molecule has 11 heteroatoms. The van der Waals surface area contributed by atoms with Crippen molar-refractivity contribution in [2.24, 2.45) is 5.92 Å². The van der Waals surface area contributed by atoms with Crippen LogP contribution in [0.4, 0.5) is 11.8 Å². The standard InChI is InChI=1S/C28H33N9O2/c1-17(18(2)20-7-6-8-21-22(27(39)29-3)9-10-30-26(20)21)12-31-24-11-23(35-16-36-24)19-13-32-28(33-14-19)34-15-25(38)37(4)5/h6-11,13-14,16-18H,12,15H2,1-5H3,(H,29,39)(H,31,35,36)(H,32,33,34)/t17-,18?/m1/s1. The van der Waals surface area contributed by atoms with Crippen LogP contribution in [0.5, 0.6) is 0 Å². The number of hydrogen-bond acceptors (Lipinski definition) is 9. The minimum Gasteiger partial charge on any atom is -0.370 e. The largest absolute Gasteiger partial charge is 0.370 e. The lowest BCUT2D eigenvalue weighted by Crippen LogP contribution is -2.29. The zero-order chi connectivity index (χ0) is 27.9. The van der Waals surface area contributed by atoms with Gasteiger partial charge < -0.3 is 20.9 Å². The van der Waals surface area contributed by atoms with Crippen molar-refractivity contribution >= 4 is 34.5 Å². The van der Waals surface area contributed by atoms with E-state index in [0.29, 0.717) is 29.6 Å². The number of anilines is 2. The molecular weight excluding hydrogens is 494 g/mol. The van der Waals surface area contributed by atoms with E-state index in [-0.39, 0.29) is 30.2 Å². The Morgan fingerprint density at radius 3 is 2.46 bits per heavy atom. The first kappa shape index (κ1) is 27.4. The number of hydrogen-bond donors (Lipinski definition) is 3. The summed E-state index contributed by atoms with van der Waals surface area (Å²) in [5.74, 6) is 1.27. The van der Waals surface area contributed by atoms with Crippen molar-refractivity contribution in [2.45, 2.75) is 19.8 Å². The quantitative estimate of drug-likeness (QED) is 0.284. The zero-order valence-corrected chi connectivity index (χ0v) is 22.8. The van der Waals surface area contributed by atoms with E-state index >= 15 is 0 Å². The molecule has 3 N–H and O–H groups in total. The van der Waals surface area contributed by atoms with Crippen LogP contribution in [0.2, 0.25) is 0 Å². The third-order valence-electron chi connectivity index (χ3n) is 6.73. The van der Waals surface area contributed by atoms with Crippen molar-refractivity contribution in [3.63, 3.8) is 0 Å². The molecule has 2 amide bonds. The highest BCUT2D eigenvalue weighted by Crippen LogP contribution is 2.31. The van der Waals surface area contributed by atoms with Crippen LogP contribution in [0, 0.1) is 5.92 Å². The molecule has 1 unspecified atom stereocenters. The Kier molecular flexibility index (Phi) is 8.60. The first-order valence-electron chi connectivity index (χ1n) is 12.7. The van der Waals surface area contributed by atoms with Crippen molar-refractivity contribution in [1.29, 1.82) is 0 Å². The summed E-state index contributed by atoms with van der Waals surface area (Å²) in [5, 5.41) is 9.87. The van der Waals surface area contributed by atoms with E-state index in [1.165, 1.54) is 11.2 Å². The molecular formula is C28H33N9O2. The summed E-state index contributed by atoms with van der Waals surface area (Å²) >= 11 is 0. The van der Waals surface area contributed by atoms with Crippen LogP contribution >= 0.6 is 0 Å². The molecule has 202 valence electrons. The number of aromatic nitrogens is 5. The van der Waals surface area contributed by atoms with E-state index < -0.39 is 0 Å². The maximum Gasteiger partial charge on any atom is 0.251 e. The number of likely N-dealkylation sites (N-methyl/N-ethyl adjacent to an activating group) is 1. The van der Waals surface area contributed by atoms with Gasteiger partial charge in [0.15, 0.2) is 0 Å². The van der Waals surface area contributed by atoms with Gasteiger partial charge in [-0.25, -0.2) is 19.9 Å². The van der Waals surface area contributed by atoms with Crippen molar-refractivity contribution in [1.82, 2.24) is 35.1 Å². The van der Waals surface area contributed by atoms with Crippen molar-refractivity contribution < 1.29 is 9.59 Å². The van der Waals surface area contributed by atoms with Crippen LogP contribution in [0.3, 0.4) is 0 Å². The van der Waals surface area contributed by atoms with E-state index in [2.05, 4.69) is 60.8 Å². The minimum absolute atomic E-state index is 0.0666. The molecule has 0 fully saturated rings. The molecule has 0 bridgehead atoms. The van der Waals surface area contributed by atoms with Crippen molar-refractivity contribution in [2.75, 3.05) is 44.9 Å². The second-order valence-corrected chi connectivity index (χ2v) is 9.55. The summed E-state index contributed by atoms with van der Waals surface area (Å²) < 4.78 is 0. The number of benzene rings is 1. The van der Waals surface area contributed by atoms with Crippen LogP contribution in [0.15, 0.2) is 55.2 Å². The Hall–Kier alpha value is -4.67. The lowest BCUT2D eigenvalue weighted by molar-refractivity contribution is -0.126. The van der Waals surface area contributed by atoms with E-state index in [1.807, 2.05) is 18.2 Å². The Labute approximate surface area is 227 Å². The number of rotatable bonds is 10. The number of fused-ring (bicyclic) bond motifs is 1. The predicted octanol–water partition coefficient (Wildman–Crippen LogP) is 3.19. The minimum atomic E-state index is -0.128. The van der Waals surface area contributed by atoms with E-state index in [1.54, 1.807) is 45.8 Å². The van der Waals surface area contributed by atoms with Gasteiger partial charge in [0.2, 0.25) is 11.9 Å². The summed E-state index contributed by atoms with van der Waals surface area (Å²) in [4.78, 5) is 47.5. The molecule has 0 radical (unpaired) electrons. The number of carbonyl (C=O) groups excluding carboxylic acids is 2. The number of carbonyl (C=O) groups is 2. The smallest absolute Gasteiger partial charge is 0.251 e. The van der Waals surface area contributed by atoms with Gasteiger partial charge in [0, 0.05) is 63.3 Å². The maximum absolute atomic E-state index is 12.3. The summed E-state index contributed by atoms with van der Waals surface area (Å²) in [6.45, 7) is 5.12. The Morgan fingerprint density at radius 1 is 0.974 bits per heavy atom. The van der Waals surface area contributed by atoms with Crippen LogP contribution in [-0.2, 0) is 4.79 Å². The molecule has 0 saturated carbocycles. The van der Waals surface area contributed by atoms with E-state index in [4.69, 9.17) is 0 Å². The number of nitrogens with one attached hydrogen (secondary N) is 3. The molecule has 0 saturated heterocycles. The van der Waals surface area contributed by atoms with Gasteiger partial charge in [0.05, 0.1) is 23.3 Å². The maximum atomic E-state index is 12.3. The highest BCUT2D eigenvalue weighted by Gasteiger charge is 2.19. The molecule has 0 spiro atoms. The molecule has 0 aliphatic carbocycles. The first-order valence-corrected chi connectivity index (χ1v) is 12.7. The van der Waals surface area contributed by atoms with Gasteiger partial charge in [-0.15, -0.1) is 0 Å². The van der Waals surface area contributed by atoms with Crippen LogP contribution in [-0.4, -0.2) is 75.9 Å².